The highest BCUT2D eigenvalue weighted by molar-refractivity contribution is 5.94. The Balaban J connectivity index is 1.12. The van der Waals surface area contributed by atoms with E-state index in [0.29, 0.717) is 18.3 Å². The molecule has 3 heterocycles. The van der Waals surface area contributed by atoms with Crippen LogP contribution in [0.4, 0.5) is 0 Å². The zero-order valence-electron chi connectivity index (χ0n) is 18.3. The second-order valence-electron chi connectivity index (χ2n) is 9.48. The largest absolute Gasteiger partial charge is 0.487 e. The van der Waals surface area contributed by atoms with Crippen LogP contribution in [0.1, 0.15) is 48.4 Å². The maximum Gasteiger partial charge on any atom is 0.287 e. The smallest absolute Gasteiger partial charge is 0.287 e. The molecule has 0 bridgehead atoms. The highest BCUT2D eigenvalue weighted by atomic mass is 16.5. The van der Waals surface area contributed by atoms with Gasteiger partial charge >= 0.3 is 0 Å². The van der Waals surface area contributed by atoms with E-state index in [1.807, 2.05) is 24.3 Å². The number of aromatic amines is 1. The van der Waals surface area contributed by atoms with E-state index in [2.05, 4.69) is 52.2 Å². The molecule has 162 valence electrons. The first-order chi connectivity index (χ1) is 15.0. The van der Waals surface area contributed by atoms with Gasteiger partial charge in [0.15, 0.2) is 5.82 Å². The molecule has 2 aliphatic heterocycles. The molecule has 2 aromatic carbocycles. The Labute approximate surface area is 183 Å². The molecule has 2 N–H and O–H groups in total. The normalized spacial score (nSPS) is 18.6. The summed E-state index contributed by atoms with van der Waals surface area (Å²) in [5.41, 5.74) is 4.22. The van der Waals surface area contributed by atoms with Crippen LogP contribution < -0.4 is 10.1 Å². The lowest BCUT2D eigenvalue weighted by molar-refractivity contribution is 0.0925. The number of rotatable bonds is 5. The number of amides is 1. The van der Waals surface area contributed by atoms with Gasteiger partial charge in [-0.15, -0.1) is 0 Å². The monoisotopic (exact) mass is 418 g/mol. The molecule has 3 aromatic rings. The number of piperidine rings is 1. The van der Waals surface area contributed by atoms with E-state index in [1.54, 1.807) is 0 Å². The molecule has 5 rings (SSSR count). The van der Waals surface area contributed by atoms with Crippen molar-refractivity contribution in [3.8, 4) is 5.75 Å². The van der Waals surface area contributed by atoms with Crippen LogP contribution in [0, 0.1) is 5.92 Å². The van der Waals surface area contributed by atoms with Gasteiger partial charge in [0.05, 0.1) is 11.0 Å². The SMILES string of the molecule is CC1(C)Cc2cccc(CN3CCC(CNC(=O)c4nc5ccccc5[nH]4)CC3)c2O1. The first-order valence-corrected chi connectivity index (χ1v) is 11.2. The first kappa shape index (κ1) is 20.1. The molecule has 2 aliphatic rings. The van der Waals surface area contributed by atoms with Gasteiger partial charge in [-0.25, -0.2) is 4.98 Å². The number of hydrogen-bond donors (Lipinski definition) is 2. The first-order valence-electron chi connectivity index (χ1n) is 11.2. The summed E-state index contributed by atoms with van der Waals surface area (Å²) in [6.07, 6.45) is 3.15. The average molecular weight is 419 g/mol. The van der Waals surface area contributed by atoms with Crippen LogP contribution in [-0.2, 0) is 13.0 Å². The molecule has 6 nitrogen and oxygen atoms in total. The third-order valence-electron chi connectivity index (χ3n) is 6.43. The van der Waals surface area contributed by atoms with E-state index < -0.39 is 0 Å². The molecule has 0 saturated carbocycles. The van der Waals surface area contributed by atoms with Crippen molar-refractivity contribution in [2.45, 2.75) is 45.3 Å². The molecular weight excluding hydrogens is 388 g/mol. The Morgan fingerprint density at radius 2 is 2.00 bits per heavy atom. The van der Waals surface area contributed by atoms with E-state index >= 15 is 0 Å². The minimum Gasteiger partial charge on any atom is -0.487 e. The Morgan fingerprint density at radius 1 is 1.19 bits per heavy atom. The molecule has 0 unspecified atom stereocenters. The predicted molar refractivity (Wildman–Crippen MR) is 121 cm³/mol. The second kappa shape index (κ2) is 8.00. The van der Waals surface area contributed by atoms with E-state index in [0.717, 1.165) is 55.7 Å². The molecule has 6 heteroatoms. The number of benzene rings is 2. The molecule has 31 heavy (non-hydrogen) atoms. The van der Waals surface area contributed by atoms with Gasteiger partial charge in [-0.3, -0.25) is 9.69 Å². The summed E-state index contributed by atoms with van der Waals surface area (Å²) < 4.78 is 6.23. The fourth-order valence-corrected chi connectivity index (χ4v) is 4.77. The van der Waals surface area contributed by atoms with E-state index in [1.165, 1.54) is 11.1 Å². The fourth-order valence-electron chi connectivity index (χ4n) is 4.77. The summed E-state index contributed by atoms with van der Waals surface area (Å²) in [7, 11) is 0. The summed E-state index contributed by atoms with van der Waals surface area (Å²) in [6, 6.07) is 14.2. The Kier molecular flexibility index (Phi) is 5.18. The highest BCUT2D eigenvalue weighted by Crippen LogP contribution is 2.38. The quantitative estimate of drug-likeness (QED) is 0.659. The van der Waals surface area contributed by atoms with Crippen molar-refractivity contribution in [1.29, 1.82) is 0 Å². The molecule has 1 fully saturated rings. The number of fused-ring (bicyclic) bond motifs is 2. The molecular formula is C25H30N4O2. The second-order valence-corrected chi connectivity index (χ2v) is 9.48. The third kappa shape index (κ3) is 4.30. The summed E-state index contributed by atoms with van der Waals surface area (Å²) in [5.74, 6) is 1.85. The molecule has 0 spiro atoms. The van der Waals surface area contributed by atoms with E-state index in [9.17, 15) is 4.79 Å². The van der Waals surface area contributed by atoms with Crippen LogP contribution in [-0.4, -0.2) is 46.0 Å². The fraction of sp³-hybridized carbons (Fsp3) is 0.440. The Hall–Kier alpha value is -2.86. The van der Waals surface area contributed by atoms with Gasteiger partial charge in [0, 0.05) is 25.1 Å². The van der Waals surface area contributed by atoms with E-state index in [4.69, 9.17) is 4.74 Å². The molecule has 1 aromatic heterocycles. The number of para-hydroxylation sites is 3. The average Bonchev–Trinajstić information content (AvgIpc) is 3.33. The number of H-pyrrole nitrogens is 1. The minimum atomic E-state index is -0.127. The van der Waals surface area contributed by atoms with E-state index in [-0.39, 0.29) is 11.5 Å². The third-order valence-corrected chi connectivity index (χ3v) is 6.43. The predicted octanol–water partition coefficient (Wildman–Crippen LogP) is 3.92. The zero-order valence-corrected chi connectivity index (χ0v) is 18.3. The van der Waals surface area contributed by atoms with Crippen LogP contribution in [0.2, 0.25) is 0 Å². The van der Waals surface area contributed by atoms with Crippen molar-refractivity contribution in [3.05, 3.63) is 59.4 Å². The van der Waals surface area contributed by atoms with Gasteiger partial charge in [0.2, 0.25) is 0 Å². The Bertz CT molecular complexity index is 1060. The van der Waals surface area contributed by atoms with Gasteiger partial charge in [0.25, 0.3) is 5.91 Å². The lowest BCUT2D eigenvalue weighted by atomic mass is 9.96. The summed E-state index contributed by atoms with van der Waals surface area (Å²) in [4.78, 5) is 22.5. The number of likely N-dealkylation sites (tertiary alicyclic amines) is 1. The number of hydrogen-bond acceptors (Lipinski definition) is 4. The maximum absolute atomic E-state index is 12.5. The number of carbonyl (C=O) groups is 1. The van der Waals surface area contributed by atoms with Crippen molar-refractivity contribution >= 4 is 16.9 Å². The van der Waals surface area contributed by atoms with Crippen LogP contribution in [0.25, 0.3) is 11.0 Å². The van der Waals surface area contributed by atoms with Crippen LogP contribution in [0.5, 0.6) is 5.75 Å². The van der Waals surface area contributed by atoms with Crippen molar-refractivity contribution in [2.75, 3.05) is 19.6 Å². The molecule has 1 amide bonds. The summed E-state index contributed by atoms with van der Waals surface area (Å²) in [5, 5.41) is 3.07. The number of carbonyl (C=O) groups excluding carboxylic acids is 1. The van der Waals surface area contributed by atoms with Crippen LogP contribution in [0.15, 0.2) is 42.5 Å². The molecule has 0 atom stereocenters. The number of nitrogens with zero attached hydrogens (tertiary/aromatic N) is 2. The number of imidazole rings is 1. The lowest BCUT2D eigenvalue weighted by Crippen LogP contribution is -2.38. The van der Waals surface area contributed by atoms with Gasteiger partial charge in [-0.05, 0) is 63.4 Å². The minimum absolute atomic E-state index is 0.108. The topological polar surface area (TPSA) is 70.2 Å². The van der Waals surface area contributed by atoms with Gasteiger partial charge in [-0.2, -0.15) is 0 Å². The molecule has 1 saturated heterocycles. The molecule has 0 aliphatic carbocycles. The summed E-state index contributed by atoms with van der Waals surface area (Å²) in [6.45, 7) is 8.01. The Morgan fingerprint density at radius 3 is 2.81 bits per heavy atom. The number of nitrogens with one attached hydrogen (secondary N) is 2. The zero-order chi connectivity index (χ0) is 21.4. The maximum atomic E-state index is 12.5. The lowest BCUT2D eigenvalue weighted by Gasteiger charge is -2.32. The van der Waals surface area contributed by atoms with Crippen molar-refractivity contribution < 1.29 is 9.53 Å². The van der Waals surface area contributed by atoms with Gasteiger partial charge in [0.1, 0.15) is 11.4 Å². The molecule has 0 radical (unpaired) electrons. The van der Waals surface area contributed by atoms with Crippen LogP contribution >= 0.6 is 0 Å². The number of ether oxygens (including phenoxy) is 1. The van der Waals surface area contributed by atoms with Crippen molar-refractivity contribution in [1.82, 2.24) is 20.2 Å². The number of aromatic nitrogens is 2. The van der Waals surface area contributed by atoms with Gasteiger partial charge in [-0.1, -0.05) is 30.3 Å². The van der Waals surface area contributed by atoms with Crippen molar-refractivity contribution in [2.24, 2.45) is 5.92 Å². The van der Waals surface area contributed by atoms with Gasteiger partial charge < -0.3 is 15.0 Å². The summed E-state index contributed by atoms with van der Waals surface area (Å²) >= 11 is 0. The highest BCUT2D eigenvalue weighted by Gasteiger charge is 2.32. The van der Waals surface area contributed by atoms with Crippen molar-refractivity contribution in [3.63, 3.8) is 0 Å². The van der Waals surface area contributed by atoms with Crippen LogP contribution in [0.3, 0.4) is 0 Å². The standard InChI is InChI=1S/C25H30N4O2/c1-25(2)14-18-6-5-7-19(22(18)31-25)16-29-12-10-17(11-13-29)15-26-24(30)23-27-20-8-3-4-9-21(20)28-23/h3-9,17H,10-16H2,1-2H3,(H,26,30)(H,27,28).